The van der Waals surface area contributed by atoms with Gasteiger partial charge in [0.05, 0.1) is 19.2 Å². The number of methoxy groups -OCH3 is 1. The van der Waals surface area contributed by atoms with Gasteiger partial charge in [-0.05, 0) is 60.2 Å². The molecule has 0 atom stereocenters. The standard InChI is InChI=1S/C27H28N2O2/c1-4-20-9-12-24(13-10-20)28-17-23-15-22-11-14-25(31-3)16-26(22)29(27(23)30)18-21-7-5-19(2)6-8-21/h5-16,28H,4,17-18H2,1-3H3. The number of fused-ring (bicyclic) bond motifs is 1. The van der Waals surface area contributed by atoms with E-state index in [1.165, 1.54) is 11.1 Å². The fourth-order valence-electron chi connectivity index (χ4n) is 3.75. The van der Waals surface area contributed by atoms with E-state index in [2.05, 4.69) is 67.7 Å². The zero-order valence-corrected chi connectivity index (χ0v) is 18.3. The molecule has 4 heteroatoms. The second-order valence-electron chi connectivity index (χ2n) is 7.88. The van der Waals surface area contributed by atoms with Crippen molar-refractivity contribution in [1.29, 1.82) is 0 Å². The van der Waals surface area contributed by atoms with Crippen LogP contribution in [0.2, 0.25) is 0 Å². The zero-order valence-electron chi connectivity index (χ0n) is 18.3. The fraction of sp³-hybridized carbons (Fsp3) is 0.222. The van der Waals surface area contributed by atoms with Gasteiger partial charge < -0.3 is 14.6 Å². The fourth-order valence-corrected chi connectivity index (χ4v) is 3.75. The van der Waals surface area contributed by atoms with Crippen LogP contribution in [0.15, 0.2) is 77.6 Å². The van der Waals surface area contributed by atoms with Crippen LogP contribution >= 0.6 is 0 Å². The van der Waals surface area contributed by atoms with Crippen molar-refractivity contribution in [3.05, 3.63) is 105 Å². The average Bonchev–Trinajstić information content (AvgIpc) is 2.81. The molecule has 0 unspecified atom stereocenters. The summed E-state index contributed by atoms with van der Waals surface area (Å²) in [4.78, 5) is 13.5. The smallest absolute Gasteiger partial charge is 0.256 e. The second kappa shape index (κ2) is 9.09. The zero-order chi connectivity index (χ0) is 21.8. The Morgan fingerprint density at radius 3 is 2.29 bits per heavy atom. The summed E-state index contributed by atoms with van der Waals surface area (Å²) >= 11 is 0. The van der Waals surface area contributed by atoms with Crippen molar-refractivity contribution in [2.45, 2.75) is 33.4 Å². The van der Waals surface area contributed by atoms with Crippen LogP contribution in [0.5, 0.6) is 5.75 Å². The molecule has 31 heavy (non-hydrogen) atoms. The summed E-state index contributed by atoms with van der Waals surface area (Å²) in [5.74, 6) is 0.742. The minimum atomic E-state index is 0.0130. The Morgan fingerprint density at radius 1 is 0.903 bits per heavy atom. The van der Waals surface area contributed by atoms with Gasteiger partial charge in [0.2, 0.25) is 0 Å². The minimum absolute atomic E-state index is 0.0130. The number of nitrogens with zero attached hydrogens (tertiary/aromatic N) is 1. The molecule has 158 valence electrons. The number of benzene rings is 3. The number of ether oxygens (including phenoxy) is 1. The largest absolute Gasteiger partial charge is 0.497 e. The molecule has 1 aromatic heterocycles. The lowest BCUT2D eigenvalue weighted by molar-refractivity contribution is 0.415. The maximum Gasteiger partial charge on any atom is 0.256 e. The molecule has 0 fully saturated rings. The van der Waals surface area contributed by atoms with Crippen molar-refractivity contribution in [1.82, 2.24) is 4.57 Å². The average molecular weight is 413 g/mol. The van der Waals surface area contributed by atoms with E-state index in [1.807, 2.05) is 28.8 Å². The van der Waals surface area contributed by atoms with E-state index >= 15 is 0 Å². The molecule has 0 amide bonds. The van der Waals surface area contributed by atoms with Gasteiger partial charge in [-0.1, -0.05) is 48.9 Å². The van der Waals surface area contributed by atoms with E-state index in [1.54, 1.807) is 7.11 Å². The molecule has 0 saturated carbocycles. The van der Waals surface area contributed by atoms with Gasteiger partial charge in [-0.25, -0.2) is 0 Å². The minimum Gasteiger partial charge on any atom is -0.497 e. The van der Waals surface area contributed by atoms with Gasteiger partial charge in [0.15, 0.2) is 0 Å². The first-order chi connectivity index (χ1) is 15.1. The Labute approximate surface area is 183 Å². The summed E-state index contributed by atoms with van der Waals surface area (Å²) < 4.78 is 7.26. The molecule has 0 saturated heterocycles. The normalized spacial score (nSPS) is 10.9. The topological polar surface area (TPSA) is 43.3 Å². The third-order valence-corrected chi connectivity index (χ3v) is 5.68. The monoisotopic (exact) mass is 412 g/mol. The van der Waals surface area contributed by atoms with Crippen LogP contribution < -0.4 is 15.6 Å². The van der Waals surface area contributed by atoms with Crippen molar-refractivity contribution in [3.63, 3.8) is 0 Å². The van der Waals surface area contributed by atoms with Crippen molar-refractivity contribution >= 4 is 16.6 Å². The van der Waals surface area contributed by atoms with E-state index in [0.29, 0.717) is 13.1 Å². The lowest BCUT2D eigenvalue weighted by atomic mass is 10.1. The van der Waals surface area contributed by atoms with Gasteiger partial charge in [-0.3, -0.25) is 4.79 Å². The molecule has 0 bridgehead atoms. The number of aryl methyl sites for hydroxylation is 2. The molecule has 1 heterocycles. The first-order valence-corrected chi connectivity index (χ1v) is 10.7. The SMILES string of the molecule is CCc1ccc(NCc2cc3ccc(OC)cc3n(Cc3ccc(C)cc3)c2=O)cc1. The summed E-state index contributed by atoms with van der Waals surface area (Å²) in [6.07, 6.45) is 1.01. The molecule has 4 aromatic rings. The summed E-state index contributed by atoms with van der Waals surface area (Å²) in [5.41, 5.74) is 6.23. The Balaban J connectivity index is 1.72. The molecule has 0 spiro atoms. The van der Waals surface area contributed by atoms with Crippen LogP contribution in [0.4, 0.5) is 5.69 Å². The number of nitrogens with one attached hydrogen (secondary N) is 1. The highest BCUT2D eigenvalue weighted by molar-refractivity contribution is 5.81. The maximum absolute atomic E-state index is 13.5. The molecule has 0 aliphatic rings. The summed E-state index contributed by atoms with van der Waals surface area (Å²) in [7, 11) is 1.64. The highest BCUT2D eigenvalue weighted by Gasteiger charge is 2.11. The number of pyridine rings is 1. The summed E-state index contributed by atoms with van der Waals surface area (Å²) in [5, 5.41) is 4.42. The number of aromatic nitrogens is 1. The molecule has 0 radical (unpaired) electrons. The maximum atomic E-state index is 13.5. The van der Waals surface area contributed by atoms with E-state index < -0.39 is 0 Å². The van der Waals surface area contributed by atoms with Crippen molar-refractivity contribution in [2.75, 3.05) is 12.4 Å². The lowest BCUT2D eigenvalue weighted by Crippen LogP contribution is -2.26. The van der Waals surface area contributed by atoms with E-state index in [-0.39, 0.29) is 5.56 Å². The van der Waals surface area contributed by atoms with Crippen molar-refractivity contribution in [2.24, 2.45) is 0 Å². The molecule has 1 N–H and O–H groups in total. The van der Waals surface area contributed by atoms with Crippen LogP contribution in [-0.4, -0.2) is 11.7 Å². The molecule has 3 aromatic carbocycles. The molecule has 4 rings (SSSR count). The third kappa shape index (κ3) is 4.64. The molecule has 4 nitrogen and oxygen atoms in total. The van der Waals surface area contributed by atoms with E-state index in [9.17, 15) is 4.79 Å². The van der Waals surface area contributed by atoms with Crippen LogP contribution in [0.25, 0.3) is 10.9 Å². The molecular formula is C27H28N2O2. The van der Waals surface area contributed by atoms with Crippen LogP contribution in [0.3, 0.4) is 0 Å². The van der Waals surface area contributed by atoms with Gasteiger partial charge in [-0.15, -0.1) is 0 Å². The first kappa shape index (κ1) is 20.7. The van der Waals surface area contributed by atoms with Crippen molar-refractivity contribution in [3.8, 4) is 5.75 Å². The molecule has 0 aliphatic carbocycles. The number of hydrogen-bond acceptors (Lipinski definition) is 3. The number of anilines is 1. The predicted octanol–water partition coefficient (Wildman–Crippen LogP) is 5.54. The van der Waals surface area contributed by atoms with Crippen LogP contribution in [-0.2, 0) is 19.5 Å². The predicted molar refractivity (Wildman–Crippen MR) is 128 cm³/mol. The number of rotatable bonds is 7. The Bertz CT molecular complexity index is 1240. The van der Waals surface area contributed by atoms with Gasteiger partial charge >= 0.3 is 0 Å². The van der Waals surface area contributed by atoms with E-state index in [0.717, 1.165) is 39.9 Å². The van der Waals surface area contributed by atoms with Gasteiger partial charge in [0.25, 0.3) is 5.56 Å². The summed E-state index contributed by atoms with van der Waals surface area (Å²) in [6.45, 7) is 5.19. The quantitative estimate of drug-likeness (QED) is 0.433. The van der Waals surface area contributed by atoms with Crippen LogP contribution in [0, 0.1) is 6.92 Å². The molecular weight excluding hydrogens is 384 g/mol. The first-order valence-electron chi connectivity index (χ1n) is 10.7. The van der Waals surface area contributed by atoms with Gasteiger partial charge in [-0.2, -0.15) is 0 Å². The number of hydrogen-bond donors (Lipinski definition) is 1. The van der Waals surface area contributed by atoms with Gasteiger partial charge in [0, 0.05) is 23.9 Å². The second-order valence-corrected chi connectivity index (χ2v) is 7.88. The highest BCUT2D eigenvalue weighted by Crippen LogP contribution is 2.22. The van der Waals surface area contributed by atoms with Crippen LogP contribution in [0.1, 0.15) is 29.2 Å². The third-order valence-electron chi connectivity index (χ3n) is 5.68. The van der Waals surface area contributed by atoms with E-state index in [4.69, 9.17) is 4.74 Å². The Hall–Kier alpha value is -3.53. The molecule has 0 aliphatic heterocycles. The Morgan fingerprint density at radius 2 is 1.61 bits per heavy atom. The highest BCUT2D eigenvalue weighted by atomic mass is 16.5. The summed E-state index contributed by atoms with van der Waals surface area (Å²) in [6, 6.07) is 24.5. The van der Waals surface area contributed by atoms with Gasteiger partial charge in [0.1, 0.15) is 5.75 Å². The Kier molecular flexibility index (Phi) is 6.08. The lowest BCUT2D eigenvalue weighted by Gasteiger charge is -2.15. The van der Waals surface area contributed by atoms with Crippen molar-refractivity contribution < 1.29 is 4.74 Å².